The minimum absolute atomic E-state index is 0.0593. The molecule has 0 N–H and O–H groups in total. The van der Waals surface area contributed by atoms with Crippen LogP contribution in [-0.2, 0) is 14.3 Å². The molecule has 0 aromatic rings. The van der Waals surface area contributed by atoms with Crippen LogP contribution in [0.25, 0.3) is 0 Å². The van der Waals surface area contributed by atoms with Crippen LogP contribution in [0.3, 0.4) is 0 Å². The van der Waals surface area contributed by atoms with Crippen molar-refractivity contribution >= 4 is 11.9 Å². The van der Waals surface area contributed by atoms with Crippen LogP contribution in [0.1, 0.15) is 20.3 Å². The summed E-state index contributed by atoms with van der Waals surface area (Å²) in [6.07, 6.45) is -4.97. The van der Waals surface area contributed by atoms with Crippen LogP contribution in [-0.4, -0.2) is 42.1 Å². The predicted molar refractivity (Wildman–Crippen MR) is 52.0 cm³/mol. The molecule has 17 heavy (non-hydrogen) atoms. The van der Waals surface area contributed by atoms with E-state index in [9.17, 15) is 22.8 Å². The van der Waals surface area contributed by atoms with Gasteiger partial charge in [0.25, 0.3) is 0 Å². The first-order chi connectivity index (χ1) is 7.71. The quantitative estimate of drug-likeness (QED) is 0.698. The number of carbonyl (C=O) groups is 2. The summed E-state index contributed by atoms with van der Waals surface area (Å²) in [6, 6.07) is 0. The van der Waals surface area contributed by atoms with E-state index in [0.717, 1.165) is 0 Å². The standard InChI is InChI=1S/C10H14F3NO3/c1-6(2)17-8(15)7-3-4-14(5-7)9(16)10(11,12)13/h6-7H,3-5H2,1-2H3. The van der Waals surface area contributed by atoms with Crippen molar-refractivity contribution in [2.24, 2.45) is 5.92 Å². The van der Waals surface area contributed by atoms with Crippen molar-refractivity contribution in [3.63, 3.8) is 0 Å². The van der Waals surface area contributed by atoms with Crippen molar-refractivity contribution < 1.29 is 27.5 Å². The van der Waals surface area contributed by atoms with Crippen LogP contribution < -0.4 is 0 Å². The van der Waals surface area contributed by atoms with Crippen molar-refractivity contribution in [3.05, 3.63) is 0 Å². The molecule has 4 nitrogen and oxygen atoms in total. The van der Waals surface area contributed by atoms with Gasteiger partial charge in [0.15, 0.2) is 0 Å². The summed E-state index contributed by atoms with van der Waals surface area (Å²) in [5.41, 5.74) is 0. The molecular weight excluding hydrogens is 239 g/mol. The number of ether oxygens (including phenoxy) is 1. The van der Waals surface area contributed by atoms with Crippen molar-refractivity contribution in [3.8, 4) is 0 Å². The van der Waals surface area contributed by atoms with Crippen LogP contribution in [0.15, 0.2) is 0 Å². The number of alkyl halides is 3. The van der Waals surface area contributed by atoms with E-state index in [2.05, 4.69) is 0 Å². The highest BCUT2D eigenvalue weighted by Gasteiger charge is 2.45. The van der Waals surface area contributed by atoms with Gasteiger partial charge in [-0.25, -0.2) is 0 Å². The molecule has 1 saturated heterocycles. The first-order valence-corrected chi connectivity index (χ1v) is 5.28. The van der Waals surface area contributed by atoms with Crippen molar-refractivity contribution in [1.82, 2.24) is 4.90 Å². The number of nitrogens with zero attached hydrogens (tertiary/aromatic N) is 1. The molecule has 0 spiro atoms. The molecule has 0 aromatic heterocycles. The van der Waals surface area contributed by atoms with Crippen molar-refractivity contribution in [2.75, 3.05) is 13.1 Å². The summed E-state index contributed by atoms with van der Waals surface area (Å²) in [7, 11) is 0. The maximum absolute atomic E-state index is 12.1. The molecule has 1 fully saturated rings. The molecule has 98 valence electrons. The molecule has 0 saturated carbocycles. The zero-order valence-corrected chi connectivity index (χ0v) is 9.58. The Kier molecular flexibility index (Phi) is 4.00. The van der Waals surface area contributed by atoms with Gasteiger partial charge in [-0.15, -0.1) is 0 Å². The van der Waals surface area contributed by atoms with Crippen LogP contribution >= 0.6 is 0 Å². The van der Waals surface area contributed by atoms with Gasteiger partial charge in [-0.05, 0) is 20.3 Å². The van der Waals surface area contributed by atoms with Gasteiger partial charge in [0.05, 0.1) is 12.0 Å². The Bertz CT molecular complexity index is 314. The molecule has 0 aromatic carbocycles. The van der Waals surface area contributed by atoms with E-state index in [4.69, 9.17) is 4.74 Å². The van der Waals surface area contributed by atoms with Crippen molar-refractivity contribution in [2.45, 2.75) is 32.5 Å². The number of halogens is 3. The second-order valence-corrected chi connectivity index (χ2v) is 4.22. The molecule has 1 atom stereocenters. The Morgan fingerprint density at radius 1 is 1.35 bits per heavy atom. The van der Waals surface area contributed by atoms with Gasteiger partial charge in [-0.2, -0.15) is 13.2 Å². The monoisotopic (exact) mass is 253 g/mol. The number of carbonyl (C=O) groups excluding carboxylic acids is 2. The van der Waals surface area contributed by atoms with Gasteiger partial charge in [-0.3, -0.25) is 9.59 Å². The lowest BCUT2D eigenvalue weighted by atomic mass is 10.1. The molecule has 7 heteroatoms. The van der Waals surface area contributed by atoms with Gasteiger partial charge >= 0.3 is 18.1 Å². The lowest BCUT2D eigenvalue weighted by molar-refractivity contribution is -0.184. The fraction of sp³-hybridized carbons (Fsp3) is 0.800. The van der Waals surface area contributed by atoms with E-state index in [1.165, 1.54) is 0 Å². The third kappa shape index (κ3) is 3.61. The molecule has 1 aliphatic rings. The Morgan fingerprint density at radius 2 is 1.94 bits per heavy atom. The van der Waals surface area contributed by atoms with Crippen molar-refractivity contribution in [1.29, 1.82) is 0 Å². The second-order valence-electron chi connectivity index (χ2n) is 4.22. The summed E-state index contributed by atoms with van der Waals surface area (Å²) in [6.45, 7) is 3.04. The average molecular weight is 253 g/mol. The van der Waals surface area contributed by atoms with Gasteiger partial charge in [0.1, 0.15) is 0 Å². The first kappa shape index (κ1) is 13.8. The number of amides is 1. The molecule has 1 unspecified atom stereocenters. The summed E-state index contributed by atoms with van der Waals surface area (Å²) >= 11 is 0. The zero-order chi connectivity index (χ0) is 13.2. The zero-order valence-electron chi connectivity index (χ0n) is 9.58. The molecule has 0 radical (unpaired) electrons. The second kappa shape index (κ2) is 4.93. The average Bonchev–Trinajstić information content (AvgIpc) is 2.62. The highest BCUT2D eigenvalue weighted by atomic mass is 19.4. The topological polar surface area (TPSA) is 46.6 Å². The summed E-state index contributed by atoms with van der Waals surface area (Å²) < 4.78 is 41.3. The molecule has 0 bridgehead atoms. The molecule has 1 aliphatic heterocycles. The number of hydrogen-bond acceptors (Lipinski definition) is 3. The van der Waals surface area contributed by atoms with E-state index < -0.39 is 24.0 Å². The lowest BCUT2D eigenvalue weighted by Crippen LogP contribution is -2.40. The molecular formula is C10H14F3NO3. The largest absolute Gasteiger partial charge is 0.471 e. The lowest BCUT2D eigenvalue weighted by Gasteiger charge is -2.18. The number of likely N-dealkylation sites (tertiary alicyclic amines) is 1. The summed E-state index contributed by atoms with van der Waals surface area (Å²) in [4.78, 5) is 23.0. The smallest absolute Gasteiger partial charge is 0.463 e. The van der Waals surface area contributed by atoms with E-state index in [0.29, 0.717) is 4.90 Å². The van der Waals surface area contributed by atoms with Crippen LogP contribution in [0.4, 0.5) is 13.2 Å². The summed E-state index contributed by atoms with van der Waals surface area (Å²) in [5.74, 6) is -3.08. The van der Waals surface area contributed by atoms with Gasteiger partial charge < -0.3 is 9.64 Å². The Morgan fingerprint density at radius 3 is 2.41 bits per heavy atom. The highest BCUT2D eigenvalue weighted by Crippen LogP contribution is 2.25. The van der Waals surface area contributed by atoms with Gasteiger partial charge in [0, 0.05) is 13.1 Å². The fourth-order valence-corrected chi connectivity index (χ4v) is 1.64. The van der Waals surface area contributed by atoms with Crippen LogP contribution in [0.2, 0.25) is 0 Å². The minimum Gasteiger partial charge on any atom is -0.463 e. The van der Waals surface area contributed by atoms with Crippen LogP contribution in [0, 0.1) is 5.92 Å². The normalized spacial score (nSPS) is 20.8. The number of hydrogen-bond donors (Lipinski definition) is 0. The van der Waals surface area contributed by atoms with E-state index in [-0.39, 0.29) is 25.6 Å². The highest BCUT2D eigenvalue weighted by molar-refractivity contribution is 5.83. The number of esters is 1. The molecule has 0 aliphatic carbocycles. The maximum Gasteiger partial charge on any atom is 0.471 e. The number of rotatable bonds is 2. The first-order valence-electron chi connectivity index (χ1n) is 5.28. The van der Waals surface area contributed by atoms with E-state index in [1.807, 2.05) is 0 Å². The Hall–Kier alpha value is -1.27. The van der Waals surface area contributed by atoms with E-state index in [1.54, 1.807) is 13.8 Å². The molecule has 1 heterocycles. The SMILES string of the molecule is CC(C)OC(=O)C1CCN(C(=O)C(F)(F)F)C1. The summed E-state index contributed by atoms with van der Waals surface area (Å²) in [5, 5.41) is 0. The van der Waals surface area contributed by atoms with E-state index >= 15 is 0 Å². The maximum atomic E-state index is 12.1. The third-order valence-electron chi connectivity index (χ3n) is 2.40. The Labute approximate surface area is 96.7 Å². The van der Waals surface area contributed by atoms with Gasteiger partial charge in [0.2, 0.25) is 0 Å². The van der Waals surface area contributed by atoms with Crippen LogP contribution in [0.5, 0.6) is 0 Å². The third-order valence-corrected chi connectivity index (χ3v) is 2.40. The fourth-order valence-electron chi connectivity index (χ4n) is 1.64. The Balaban J connectivity index is 2.53. The van der Waals surface area contributed by atoms with Gasteiger partial charge in [-0.1, -0.05) is 0 Å². The predicted octanol–water partition coefficient (Wildman–Crippen LogP) is 1.35. The molecule has 1 rings (SSSR count). The minimum atomic E-state index is -4.88. The molecule has 1 amide bonds.